The number of benzene rings is 1. The van der Waals surface area contributed by atoms with E-state index in [1.54, 1.807) is 13.0 Å². The van der Waals surface area contributed by atoms with Crippen LogP contribution in [0.5, 0.6) is 5.75 Å². The molecule has 0 atom stereocenters. The lowest BCUT2D eigenvalue weighted by Gasteiger charge is -2.11. The molecule has 1 aliphatic carbocycles. The largest absolute Gasteiger partial charge is 0.496 e. The second kappa shape index (κ2) is 4.74. The van der Waals surface area contributed by atoms with Crippen molar-refractivity contribution in [2.24, 2.45) is 0 Å². The molecular formula is C15H15FN2O2. The first-order valence-corrected chi connectivity index (χ1v) is 6.55. The smallest absolute Gasteiger partial charge is 0.254 e. The van der Waals surface area contributed by atoms with Crippen molar-refractivity contribution in [3.8, 4) is 17.0 Å². The Morgan fingerprint density at radius 1 is 1.40 bits per heavy atom. The van der Waals surface area contributed by atoms with Crippen LogP contribution in [0.1, 0.15) is 30.1 Å². The van der Waals surface area contributed by atoms with Crippen LogP contribution in [-0.2, 0) is 0 Å². The molecule has 1 saturated carbocycles. The van der Waals surface area contributed by atoms with Gasteiger partial charge >= 0.3 is 0 Å². The van der Waals surface area contributed by atoms with E-state index in [1.807, 2.05) is 0 Å². The summed E-state index contributed by atoms with van der Waals surface area (Å²) in [5.74, 6) is 1.13. The van der Waals surface area contributed by atoms with Crippen molar-refractivity contribution in [1.82, 2.24) is 9.97 Å². The van der Waals surface area contributed by atoms with Gasteiger partial charge < -0.3 is 9.72 Å². The van der Waals surface area contributed by atoms with E-state index >= 15 is 0 Å². The van der Waals surface area contributed by atoms with Gasteiger partial charge in [0.2, 0.25) is 0 Å². The van der Waals surface area contributed by atoms with Crippen molar-refractivity contribution in [2.75, 3.05) is 7.11 Å². The monoisotopic (exact) mass is 274 g/mol. The predicted molar refractivity (Wildman–Crippen MR) is 73.5 cm³/mol. The minimum atomic E-state index is -0.379. The van der Waals surface area contributed by atoms with Crippen molar-refractivity contribution in [3.63, 3.8) is 0 Å². The fourth-order valence-electron chi connectivity index (χ4n) is 2.23. The third-order valence-electron chi connectivity index (χ3n) is 3.55. The van der Waals surface area contributed by atoms with Gasteiger partial charge in [0.1, 0.15) is 17.4 Å². The summed E-state index contributed by atoms with van der Waals surface area (Å²) in [7, 11) is 1.51. The Kier molecular flexibility index (Phi) is 3.04. The molecule has 1 N–H and O–H groups in total. The SMILES string of the molecule is COc1ccc(F)cc1-c1nc(C2CC2)[nH]c(=O)c1C. The zero-order valence-corrected chi connectivity index (χ0v) is 11.4. The lowest BCUT2D eigenvalue weighted by molar-refractivity contribution is 0.415. The summed E-state index contributed by atoms with van der Waals surface area (Å²) in [4.78, 5) is 19.3. The molecule has 1 fully saturated rings. The molecule has 2 aromatic rings. The van der Waals surface area contributed by atoms with E-state index in [1.165, 1.54) is 19.2 Å². The van der Waals surface area contributed by atoms with Crippen LogP contribution >= 0.6 is 0 Å². The van der Waals surface area contributed by atoms with Gasteiger partial charge in [-0.25, -0.2) is 9.37 Å². The number of nitrogens with one attached hydrogen (secondary N) is 1. The van der Waals surface area contributed by atoms with Crippen molar-refractivity contribution in [3.05, 3.63) is 45.8 Å². The Morgan fingerprint density at radius 2 is 2.15 bits per heavy atom. The molecule has 0 unspecified atom stereocenters. The molecule has 5 heteroatoms. The first kappa shape index (κ1) is 12.8. The zero-order valence-electron chi connectivity index (χ0n) is 11.4. The number of hydrogen-bond donors (Lipinski definition) is 1. The molecule has 0 amide bonds. The van der Waals surface area contributed by atoms with E-state index in [0.29, 0.717) is 34.3 Å². The van der Waals surface area contributed by atoms with E-state index in [0.717, 1.165) is 12.8 Å². The van der Waals surface area contributed by atoms with Gasteiger partial charge in [-0.2, -0.15) is 0 Å². The molecule has 3 rings (SSSR count). The summed E-state index contributed by atoms with van der Waals surface area (Å²) in [6, 6.07) is 4.22. The predicted octanol–water partition coefficient (Wildman–Crippen LogP) is 2.77. The van der Waals surface area contributed by atoms with Crippen LogP contribution in [0, 0.1) is 12.7 Å². The molecule has 1 aromatic carbocycles. The van der Waals surface area contributed by atoms with E-state index in [2.05, 4.69) is 9.97 Å². The Balaban J connectivity index is 2.23. The molecular weight excluding hydrogens is 259 g/mol. The molecule has 4 nitrogen and oxygen atoms in total. The van der Waals surface area contributed by atoms with Crippen LogP contribution in [0.2, 0.25) is 0 Å². The summed E-state index contributed by atoms with van der Waals surface area (Å²) < 4.78 is 18.8. The lowest BCUT2D eigenvalue weighted by atomic mass is 10.1. The number of nitrogens with zero attached hydrogens (tertiary/aromatic N) is 1. The Bertz CT molecular complexity index is 720. The number of methoxy groups -OCH3 is 1. The van der Waals surface area contributed by atoms with Crippen molar-refractivity contribution >= 4 is 0 Å². The minimum Gasteiger partial charge on any atom is -0.496 e. The van der Waals surface area contributed by atoms with Crippen LogP contribution < -0.4 is 10.3 Å². The first-order valence-electron chi connectivity index (χ1n) is 6.55. The molecule has 20 heavy (non-hydrogen) atoms. The van der Waals surface area contributed by atoms with Crippen LogP contribution in [0.4, 0.5) is 4.39 Å². The number of hydrogen-bond acceptors (Lipinski definition) is 3. The highest BCUT2D eigenvalue weighted by molar-refractivity contribution is 5.69. The van der Waals surface area contributed by atoms with E-state index in [4.69, 9.17) is 4.74 Å². The topological polar surface area (TPSA) is 55.0 Å². The molecule has 1 aliphatic rings. The van der Waals surface area contributed by atoms with Gasteiger partial charge in [-0.1, -0.05) is 0 Å². The maximum atomic E-state index is 13.5. The zero-order chi connectivity index (χ0) is 14.3. The Morgan fingerprint density at radius 3 is 2.80 bits per heavy atom. The van der Waals surface area contributed by atoms with Gasteiger partial charge in [0.15, 0.2) is 0 Å². The molecule has 0 aliphatic heterocycles. The van der Waals surface area contributed by atoms with Gasteiger partial charge in [-0.05, 0) is 38.0 Å². The van der Waals surface area contributed by atoms with Gasteiger partial charge in [-0.15, -0.1) is 0 Å². The average molecular weight is 274 g/mol. The van der Waals surface area contributed by atoms with E-state index < -0.39 is 0 Å². The number of ether oxygens (including phenoxy) is 1. The lowest BCUT2D eigenvalue weighted by Crippen LogP contribution is -2.16. The van der Waals surface area contributed by atoms with Crippen LogP contribution in [0.3, 0.4) is 0 Å². The fourth-order valence-corrected chi connectivity index (χ4v) is 2.23. The number of H-pyrrole nitrogens is 1. The Hall–Kier alpha value is -2.17. The number of rotatable bonds is 3. The standard InChI is InChI=1S/C15H15FN2O2/c1-8-13(11-7-10(16)5-6-12(11)20-2)17-14(9-3-4-9)18-15(8)19/h5-7,9H,3-4H2,1-2H3,(H,17,18,19). The average Bonchev–Trinajstić information content (AvgIpc) is 3.26. The highest BCUT2D eigenvalue weighted by Crippen LogP contribution is 2.39. The van der Waals surface area contributed by atoms with Crippen molar-refractivity contribution in [2.45, 2.75) is 25.7 Å². The molecule has 0 spiro atoms. The fraction of sp³-hybridized carbons (Fsp3) is 0.333. The van der Waals surface area contributed by atoms with Crippen molar-refractivity contribution < 1.29 is 9.13 Å². The third kappa shape index (κ3) is 2.19. The van der Waals surface area contributed by atoms with E-state index in [9.17, 15) is 9.18 Å². The second-order valence-corrected chi connectivity index (χ2v) is 5.04. The number of halogens is 1. The first-order chi connectivity index (χ1) is 9.60. The van der Waals surface area contributed by atoms with Gasteiger partial charge in [0, 0.05) is 17.0 Å². The van der Waals surface area contributed by atoms with Crippen LogP contribution in [0.15, 0.2) is 23.0 Å². The number of aromatic amines is 1. The molecule has 0 bridgehead atoms. The van der Waals surface area contributed by atoms with Gasteiger partial charge in [-0.3, -0.25) is 4.79 Å². The van der Waals surface area contributed by atoms with E-state index in [-0.39, 0.29) is 11.4 Å². The number of aromatic nitrogens is 2. The highest BCUT2D eigenvalue weighted by atomic mass is 19.1. The quantitative estimate of drug-likeness (QED) is 0.936. The second-order valence-electron chi connectivity index (χ2n) is 5.04. The maximum Gasteiger partial charge on any atom is 0.254 e. The van der Waals surface area contributed by atoms with Crippen LogP contribution in [0.25, 0.3) is 11.3 Å². The Labute approximate surface area is 115 Å². The molecule has 104 valence electrons. The minimum absolute atomic E-state index is 0.178. The highest BCUT2D eigenvalue weighted by Gasteiger charge is 2.27. The maximum absolute atomic E-state index is 13.5. The molecule has 1 aromatic heterocycles. The normalized spacial score (nSPS) is 14.3. The third-order valence-corrected chi connectivity index (χ3v) is 3.55. The summed E-state index contributed by atoms with van der Waals surface area (Å²) in [6.07, 6.45) is 2.07. The summed E-state index contributed by atoms with van der Waals surface area (Å²) in [5.41, 5.74) is 1.30. The molecule has 1 heterocycles. The molecule has 0 saturated heterocycles. The summed E-state index contributed by atoms with van der Waals surface area (Å²) >= 11 is 0. The summed E-state index contributed by atoms with van der Waals surface area (Å²) in [5, 5.41) is 0. The van der Waals surface area contributed by atoms with Crippen molar-refractivity contribution in [1.29, 1.82) is 0 Å². The van der Waals surface area contributed by atoms with Gasteiger partial charge in [0.25, 0.3) is 5.56 Å². The summed E-state index contributed by atoms with van der Waals surface area (Å²) in [6.45, 7) is 1.68. The molecule has 0 radical (unpaired) electrons. The van der Waals surface area contributed by atoms with Gasteiger partial charge in [0.05, 0.1) is 12.8 Å². The van der Waals surface area contributed by atoms with Crippen LogP contribution in [-0.4, -0.2) is 17.1 Å².